The smallest absolute Gasteiger partial charge is 0.230 e. The van der Waals surface area contributed by atoms with Gasteiger partial charge in [0.25, 0.3) is 0 Å². The average molecular weight is 210 g/mol. The molecule has 86 valence electrons. The lowest BCUT2D eigenvalue weighted by atomic mass is 10.0. The monoisotopic (exact) mass is 210 g/mol. The van der Waals surface area contributed by atoms with Crippen LogP contribution < -0.4 is 5.73 Å². The van der Waals surface area contributed by atoms with Gasteiger partial charge in [0.05, 0.1) is 5.41 Å². The van der Waals surface area contributed by atoms with E-state index in [1.165, 1.54) is 12.8 Å². The van der Waals surface area contributed by atoms with Gasteiger partial charge in [0, 0.05) is 19.1 Å². The summed E-state index contributed by atoms with van der Waals surface area (Å²) in [5, 5.41) is 0. The number of hydrogen-bond donors (Lipinski definition) is 1. The van der Waals surface area contributed by atoms with Gasteiger partial charge in [-0.1, -0.05) is 12.8 Å². The van der Waals surface area contributed by atoms with Gasteiger partial charge in [-0.3, -0.25) is 4.79 Å². The van der Waals surface area contributed by atoms with Crippen LogP contribution in [-0.4, -0.2) is 29.9 Å². The summed E-state index contributed by atoms with van der Waals surface area (Å²) in [5.74, 6) is 0.333. The van der Waals surface area contributed by atoms with Crippen molar-refractivity contribution >= 4 is 5.91 Å². The Morgan fingerprint density at radius 3 is 2.73 bits per heavy atom. The van der Waals surface area contributed by atoms with E-state index in [0.717, 1.165) is 32.2 Å². The molecule has 1 saturated heterocycles. The molecule has 0 aromatic heterocycles. The number of amides is 1. The summed E-state index contributed by atoms with van der Waals surface area (Å²) in [7, 11) is 0. The van der Waals surface area contributed by atoms with Gasteiger partial charge < -0.3 is 10.6 Å². The minimum Gasteiger partial charge on any atom is -0.339 e. The second-order valence-corrected chi connectivity index (χ2v) is 5.18. The molecule has 0 aromatic carbocycles. The summed E-state index contributed by atoms with van der Waals surface area (Å²) >= 11 is 0. The predicted octanol–water partition coefficient (Wildman–Crippen LogP) is 1.52. The first-order chi connectivity index (χ1) is 7.19. The summed E-state index contributed by atoms with van der Waals surface area (Å²) < 4.78 is 0. The van der Waals surface area contributed by atoms with Crippen molar-refractivity contribution < 1.29 is 4.79 Å². The van der Waals surface area contributed by atoms with Crippen LogP contribution in [-0.2, 0) is 4.79 Å². The van der Waals surface area contributed by atoms with Crippen molar-refractivity contribution in [1.82, 2.24) is 4.90 Å². The molecule has 2 aliphatic rings. The quantitative estimate of drug-likeness (QED) is 0.751. The molecule has 1 atom stereocenters. The van der Waals surface area contributed by atoms with Crippen LogP contribution in [0.3, 0.4) is 0 Å². The highest BCUT2D eigenvalue weighted by molar-refractivity contribution is 5.86. The maximum absolute atomic E-state index is 12.3. The molecule has 1 unspecified atom stereocenters. The highest BCUT2D eigenvalue weighted by Crippen LogP contribution is 2.46. The average Bonchev–Trinajstić information content (AvgIpc) is 3.02. The topological polar surface area (TPSA) is 46.3 Å². The van der Waals surface area contributed by atoms with Crippen molar-refractivity contribution in [2.75, 3.05) is 13.1 Å². The first-order valence-corrected chi connectivity index (χ1v) is 6.21. The van der Waals surface area contributed by atoms with Crippen molar-refractivity contribution in [3.63, 3.8) is 0 Å². The molecule has 0 aromatic rings. The summed E-state index contributed by atoms with van der Waals surface area (Å²) in [4.78, 5) is 14.4. The number of carbonyl (C=O) groups is 1. The van der Waals surface area contributed by atoms with E-state index < -0.39 is 0 Å². The molecule has 1 aliphatic carbocycles. The second kappa shape index (κ2) is 4.12. The Kier molecular flexibility index (Phi) is 3.01. The van der Waals surface area contributed by atoms with Crippen molar-refractivity contribution in [1.29, 1.82) is 0 Å². The van der Waals surface area contributed by atoms with Crippen LogP contribution in [0.5, 0.6) is 0 Å². The van der Waals surface area contributed by atoms with Gasteiger partial charge >= 0.3 is 0 Å². The molecular weight excluding hydrogens is 188 g/mol. The van der Waals surface area contributed by atoms with Crippen LogP contribution in [0.4, 0.5) is 0 Å². The van der Waals surface area contributed by atoms with Crippen LogP contribution in [0.15, 0.2) is 0 Å². The minimum atomic E-state index is -0.154. The van der Waals surface area contributed by atoms with E-state index in [-0.39, 0.29) is 5.41 Å². The molecule has 1 heterocycles. The van der Waals surface area contributed by atoms with Crippen LogP contribution in [0.25, 0.3) is 0 Å². The first kappa shape index (κ1) is 10.9. The Bertz CT molecular complexity index is 248. The van der Waals surface area contributed by atoms with Gasteiger partial charge in [-0.2, -0.15) is 0 Å². The van der Waals surface area contributed by atoms with Gasteiger partial charge in [-0.15, -0.1) is 0 Å². The Hall–Kier alpha value is -0.570. The minimum absolute atomic E-state index is 0.154. The fourth-order valence-electron chi connectivity index (χ4n) is 2.54. The number of nitrogens with two attached hydrogens (primary N) is 1. The number of likely N-dealkylation sites (tertiary alicyclic amines) is 1. The third kappa shape index (κ3) is 2.03. The zero-order chi connectivity index (χ0) is 10.9. The Labute approximate surface area is 92.0 Å². The van der Waals surface area contributed by atoms with E-state index in [2.05, 4.69) is 11.8 Å². The molecule has 2 fully saturated rings. The molecule has 3 heteroatoms. The van der Waals surface area contributed by atoms with Crippen LogP contribution in [0, 0.1) is 5.41 Å². The molecule has 2 N–H and O–H groups in total. The highest BCUT2D eigenvalue weighted by Gasteiger charge is 2.51. The molecule has 0 radical (unpaired) electrons. The molecule has 1 amide bonds. The van der Waals surface area contributed by atoms with E-state index >= 15 is 0 Å². The Morgan fingerprint density at radius 2 is 2.13 bits per heavy atom. The highest BCUT2D eigenvalue weighted by atomic mass is 16.2. The van der Waals surface area contributed by atoms with Gasteiger partial charge in [-0.25, -0.2) is 0 Å². The second-order valence-electron chi connectivity index (χ2n) is 5.18. The number of hydrogen-bond acceptors (Lipinski definition) is 2. The van der Waals surface area contributed by atoms with E-state index in [4.69, 9.17) is 5.73 Å². The standard InChI is InChI=1S/C12H22N2O/c1-10-5-3-2-4-8-14(10)11(15)12(9-13)6-7-12/h10H,2-9,13H2,1H3. The summed E-state index contributed by atoms with van der Waals surface area (Å²) in [6.45, 7) is 3.66. The predicted molar refractivity (Wildman–Crippen MR) is 60.4 cm³/mol. The Morgan fingerprint density at radius 1 is 1.40 bits per heavy atom. The molecule has 2 rings (SSSR count). The van der Waals surface area contributed by atoms with Crippen molar-refractivity contribution in [3.8, 4) is 0 Å². The molecular formula is C12H22N2O. The van der Waals surface area contributed by atoms with E-state index in [0.29, 0.717) is 18.5 Å². The largest absolute Gasteiger partial charge is 0.339 e. The first-order valence-electron chi connectivity index (χ1n) is 6.21. The van der Waals surface area contributed by atoms with Crippen molar-refractivity contribution in [2.45, 2.75) is 51.5 Å². The SMILES string of the molecule is CC1CCCCCN1C(=O)C1(CN)CC1. The summed E-state index contributed by atoms with van der Waals surface area (Å²) in [6.07, 6.45) is 6.87. The van der Waals surface area contributed by atoms with E-state index in [9.17, 15) is 4.79 Å². The molecule has 15 heavy (non-hydrogen) atoms. The number of carbonyl (C=O) groups excluding carboxylic acids is 1. The summed E-state index contributed by atoms with van der Waals surface area (Å²) in [6, 6.07) is 0.420. The maximum Gasteiger partial charge on any atom is 0.230 e. The van der Waals surface area contributed by atoms with Crippen LogP contribution >= 0.6 is 0 Å². The van der Waals surface area contributed by atoms with Crippen LogP contribution in [0.1, 0.15) is 45.4 Å². The van der Waals surface area contributed by atoms with Gasteiger partial charge in [0.15, 0.2) is 0 Å². The Balaban J connectivity index is 2.04. The van der Waals surface area contributed by atoms with E-state index in [1.54, 1.807) is 0 Å². The molecule has 1 saturated carbocycles. The third-order valence-corrected chi connectivity index (χ3v) is 4.01. The van der Waals surface area contributed by atoms with Crippen molar-refractivity contribution in [3.05, 3.63) is 0 Å². The third-order valence-electron chi connectivity index (χ3n) is 4.01. The molecule has 0 spiro atoms. The van der Waals surface area contributed by atoms with E-state index in [1.807, 2.05) is 0 Å². The van der Waals surface area contributed by atoms with Crippen LogP contribution in [0.2, 0.25) is 0 Å². The molecule has 1 aliphatic heterocycles. The van der Waals surface area contributed by atoms with Crippen molar-refractivity contribution in [2.24, 2.45) is 11.1 Å². The maximum atomic E-state index is 12.3. The number of rotatable bonds is 2. The lowest BCUT2D eigenvalue weighted by Crippen LogP contribution is -2.45. The molecule has 0 bridgehead atoms. The molecule has 3 nitrogen and oxygen atoms in total. The lowest BCUT2D eigenvalue weighted by Gasteiger charge is -2.30. The fourth-order valence-corrected chi connectivity index (χ4v) is 2.54. The van der Waals surface area contributed by atoms with Gasteiger partial charge in [0.1, 0.15) is 0 Å². The van der Waals surface area contributed by atoms with Gasteiger partial charge in [0.2, 0.25) is 5.91 Å². The number of nitrogens with zero attached hydrogens (tertiary/aromatic N) is 1. The normalized spacial score (nSPS) is 29.7. The lowest BCUT2D eigenvalue weighted by molar-refractivity contribution is -0.138. The zero-order valence-corrected chi connectivity index (χ0v) is 9.67. The fraction of sp³-hybridized carbons (Fsp3) is 0.917. The van der Waals surface area contributed by atoms with Gasteiger partial charge in [-0.05, 0) is 32.6 Å². The zero-order valence-electron chi connectivity index (χ0n) is 9.67. The summed E-state index contributed by atoms with van der Waals surface area (Å²) in [5.41, 5.74) is 5.56.